The zero-order valence-electron chi connectivity index (χ0n) is 9.74. The number of ketones is 1. The van der Waals surface area contributed by atoms with E-state index >= 15 is 0 Å². The van der Waals surface area contributed by atoms with E-state index in [0.717, 1.165) is 29.2 Å². The molecule has 1 aromatic carbocycles. The van der Waals surface area contributed by atoms with Crippen LogP contribution in [0.3, 0.4) is 0 Å². The van der Waals surface area contributed by atoms with Gasteiger partial charge in [-0.25, -0.2) is 0 Å². The number of thioether (sulfide) groups is 1. The highest BCUT2D eigenvalue weighted by Crippen LogP contribution is 2.29. The molecule has 1 aromatic rings. The van der Waals surface area contributed by atoms with Crippen molar-refractivity contribution in [3.05, 3.63) is 28.8 Å². The third-order valence-electron chi connectivity index (χ3n) is 2.63. The van der Waals surface area contributed by atoms with Crippen molar-refractivity contribution in [2.75, 3.05) is 11.5 Å². The zero-order chi connectivity index (χ0) is 12.3. The first-order valence-electron chi connectivity index (χ1n) is 5.67. The Bertz CT molecular complexity index is 414. The summed E-state index contributed by atoms with van der Waals surface area (Å²) in [6.45, 7) is 1.58. The predicted molar refractivity (Wildman–Crippen MR) is 72.2 cm³/mol. The number of hydrogen-bond donors (Lipinski definition) is 0. The maximum absolute atomic E-state index is 11.0. The number of hydrogen-bond acceptors (Lipinski definition) is 3. The number of carbonyl (C=O) groups is 1. The van der Waals surface area contributed by atoms with Crippen LogP contribution in [0.1, 0.15) is 18.9 Å². The third kappa shape index (κ3) is 3.65. The summed E-state index contributed by atoms with van der Waals surface area (Å²) >= 11 is 8.05. The highest BCUT2D eigenvalue weighted by molar-refractivity contribution is 7.99. The van der Waals surface area contributed by atoms with E-state index in [4.69, 9.17) is 16.3 Å². The molecule has 0 N–H and O–H groups in total. The van der Waals surface area contributed by atoms with Gasteiger partial charge >= 0.3 is 0 Å². The van der Waals surface area contributed by atoms with Crippen LogP contribution in [0.4, 0.5) is 0 Å². The van der Waals surface area contributed by atoms with Gasteiger partial charge in [0.05, 0.1) is 5.02 Å². The monoisotopic (exact) mass is 270 g/mol. The topological polar surface area (TPSA) is 26.3 Å². The second-order valence-electron chi connectivity index (χ2n) is 4.25. The minimum atomic E-state index is 0.141. The molecule has 1 fully saturated rings. The molecule has 0 spiro atoms. The Labute approximate surface area is 111 Å². The van der Waals surface area contributed by atoms with Gasteiger partial charge in [0.25, 0.3) is 0 Å². The number of benzene rings is 1. The third-order valence-corrected chi connectivity index (χ3v) is 4.06. The van der Waals surface area contributed by atoms with Crippen LogP contribution >= 0.6 is 23.4 Å². The molecule has 1 unspecified atom stereocenters. The smallest absolute Gasteiger partial charge is 0.138 e. The summed E-state index contributed by atoms with van der Waals surface area (Å²) in [5.74, 6) is 3.06. The lowest BCUT2D eigenvalue weighted by atomic mass is 10.1. The summed E-state index contributed by atoms with van der Waals surface area (Å²) in [6, 6.07) is 5.59. The van der Waals surface area contributed by atoms with Gasteiger partial charge in [-0.3, -0.25) is 4.79 Å². The van der Waals surface area contributed by atoms with E-state index in [1.807, 2.05) is 30.0 Å². The molecule has 1 atom stereocenters. The molecule has 1 aliphatic rings. The van der Waals surface area contributed by atoms with Crippen molar-refractivity contribution >= 4 is 29.1 Å². The van der Waals surface area contributed by atoms with Gasteiger partial charge in [0, 0.05) is 12.2 Å². The molecule has 0 bridgehead atoms. The molecule has 0 radical (unpaired) electrons. The fraction of sp³-hybridized carbons (Fsp3) is 0.462. The van der Waals surface area contributed by atoms with E-state index < -0.39 is 0 Å². The number of carbonyl (C=O) groups excluding carboxylic acids is 1. The van der Waals surface area contributed by atoms with Crippen molar-refractivity contribution < 1.29 is 9.53 Å². The Hall–Kier alpha value is -0.670. The molecule has 0 aromatic heterocycles. The molecule has 17 heavy (non-hydrogen) atoms. The quantitative estimate of drug-likeness (QED) is 0.839. The molecule has 0 amide bonds. The fourth-order valence-corrected chi connectivity index (χ4v) is 3.16. The number of halogens is 1. The largest absolute Gasteiger partial charge is 0.488 e. The van der Waals surface area contributed by atoms with Gasteiger partial charge in [0.2, 0.25) is 0 Å². The van der Waals surface area contributed by atoms with E-state index in [1.54, 1.807) is 6.92 Å². The first-order chi connectivity index (χ1) is 8.15. The van der Waals surface area contributed by atoms with Crippen LogP contribution in [0.15, 0.2) is 18.2 Å². The number of Topliss-reactive ketones (excluding diaryl/α,β-unsaturated/α-hetero) is 1. The van der Waals surface area contributed by atoms with Gasteiger partial charge in [-0.2, -0.15) is 11.8 Å². The number of rotatable bonds is 4. The highest BCUT2D eigenvalue weighted by Gasteiger charge is 2.18. The molecule has 1 heterocycles. The van der Waals surface area contributed by atoms with E-state index in [9.17, 15) is 4.79 Å². The average molecular weight is 271 g/mol. The summed E-state index contributed by atoms with van der Waals surface area (Å²) < 4.78 is 5.83. The molecule has 0 aliphatic carbocycles. The molecular formula is C13H15ClO2S. The minimum absolute atomic E-state index is 0.141. The molecule has 2 nitrogen and oxygen atoms in total. The lowest BCUT2D eigenvalue weighted by Gasteiger charge is -2.14. The van der Waals surface area contributed by atoms with Crippen molar-refractivity contribution in [3.8, 4) is 5.75 Å². The standard InChI is InChI=1S/C13H15ClO2S/c1-9(15)6-10-2-3-13(12(14)7-10)16-11-4-5-17-8-11/h2-3,7,11H,4-6,8H2,1H3. The van der Waals surface area contributed by atoms with Crippen molar-refractivity contribution in [2.45, 2.75) is 25.9 Å². The SMILES string of the molecule is CC(=O)Cc1ccc(OC2CCSC2)c(Cl)c1. The van der Waals surface area contributed by atoms with Crippen LogP contribution in [-0.4, -0.2) is 23.4 Å². The Kier molecular flexibility index (Phi) is 4.35. The number of ether oxygens (including phenoxy) is 1. The molecular weight excluding hydrogens is 256 g/mol. The van der Waals surface area contributed by atoms with Crippen molar-refractivity contribution in [1.82, 2.24) is 0 Å². The Morgan fingerprint density at radius 2 is 2.41 bits per heavy atom. The van der Waals surface area contributed by atoms with Crippen LogP contribution in [0.5, 0.6) is 5.75 Å². The molecule has 0 saturated carbocycles. The molecule has 1 saturated heterocycles. The van der Waals surface area contributed by atoms with Crippen molar-refractivity contribution in [3.63, 3.8) is 0 Å². The maximum Gasteiger partial charge on any atom is 0.138 e. The Balaban J connectivity index is 2.05. The minimum Gasteiger partial charge on any atom is -0.488 e. The first kappa shape index (κ1) is 12.8. The van der Waals surface area contributed by atoms with E-state index in [-0.39, 0.29) is 11.9 Å². The van der Waals surface area contributed by atoms with Gasteiger partial charge in [0.1, 0.15) is 17.6 Å². The highest BCUT2D eigenvalue weighted by atomic mass is 35.5. The second kappa shape index (κ2) is 5.78. The van der Waals surface area contributed by atoms with Crippen LogP contribution in [0.2, 0.25) is 5.02 Å². The van der Waals surface area contributed by atoms with E-state index in [2.05, 4.69) is 0 Å². The normalized spacial score (nSPS) is 19.3. The van der Waals surface area contributed by atoms with Gasteiger partial charge in [-0.15, -0.1) is 0 Å². The average Bonchev–Trinajstić information content (AvgIpc) is 2.74. The van der Waals surface area contributed by atoms with Crippen LogP contribution in [0.25, 0.3) is 0 Å². The van der Waals surface area contributed by atoms with Crippen LogP contribution in [-0.2, 0) is 11.2 Å². The summed E-state index contributed by atoms with van der Waals surface area (Å²) in [5, 5.41) is 0.598. The molecule has 92 valence electrons. The summed E-state index contributed by atoms with van der Waals surface area (Å²) in [4.78, 5) is 11.0. The Morgan fingerprint density at radius 3 is 3.00 bits per heavy atom. The summed E-state index contributed by atoms with van der Waals surface area (Å²) in [7, 11) is 0. The Morgan fingerprint density at radius 1 is 1.59 bits per heavy atom. The first-order valence-corrected chi connectivity index (χ1v) is 7.20. The molecule has 2 rings (SSSR count). The van der Waals surface area contributed by atoms with E-state index in [1.165, 1.54) is 0 Å². The predicted octanol–water partition coefficient (Wildman–Crippen LogP) is 3.36. The van der Waals surface area contributed by atoms with Crippen molar-refractivity contribution in [2.24, 2.45) is 0 Å². The van der Waals surface area contributed by atoms with Gasteiger partial charge in [0.15, 0.2) is 0 Å². The van der Waals surface area contributed by atoms with Gasteiger partial charge < -0.3 is 4.74 Å². The van der Waals surface area contributed by atoms with Gasteiger partial charge in [-0.1, -0.05) is 17.7 Å². The molecule has 1 aliphatic heterocycles. The lowest BCUT2D eigenvalue weighted by molar-refractivity contribution is -0.116. The molecule has 4 heteroatoms. The van der Waals surface area contributed by atoms with Crippen LogP contribution in [0, 0.1) is 0 Å². The van der Waals surface area contributed by atoms with Crippen molar-refractivity contribution in [1.29, 1.82) is 0 Å². The lowest BCUT2D eigenvalue weighted by Crippen LogP contribution is -2.15. The van der Waals surface area contributed by atoms with Gasteiger partial charge in [-0.05, 0) is 36.8 Å². The van der Waals surface area contributed by atoms with Crippen LogP contribution < -0.4 is 4.74 Å². The van der Waals surface area contributed by atoms with E-state index in [0.29, 0.717) is 11.4 Å². The summed E-state index contributed by atoms with van der Waals surface area (Å²) in [5.41, 5.74) is 0.940. The summed E-state index contributed by atoms with van der Waals surface area (Å²) in [6.07, 6.45) is 1.78. The maximum atomic E-state index is 11.0. The second-order valence-corrected chi connectivity index (χ2v) is 5.80. The zero-order valence-corrected chi connectivity index (χ0v) is 11.3. The fourth-order valence-electron chi connectivity index (χ4n) is 1.82.